The summed E-state index contributed by atoms with van der Waals surface area (Å²) in [5.74, 6) is -2.90. The fourth-order valence-electron chi connectivity index (χ4n) is 3.65. The van der Waals surface area contributed by atoms with Crippen LogP contribution < -0.4 is 15.4 Å². The molecule has 0 aromatic heterocycles. The SMILES string of the molecule is CC(C)[C@@H]1COc2ccc(Cl)cc2C(=O)NCCCCN(C(=O)c2cc(F)cc(F)c2)CC(=O)N1. The minimum Gasteiger partial charge on any atom is -0.491 e. The second-order valence-electron chi connectivity index (χ2n) is 8.72. The van der Waals surface area contributed by atoms with Crippen molar-refractivity contribution < 1.29 is 27.9 Å². The predicted molar refractivity (Wildman–Crippen MR) is 128 cm³/mol. The first-order chi connectivity index (χ1) is 16.6. The summed E-state index contributed by atoms with van der Waals surface area (Å²) in [6, 6.07) is 6.86. The number of nitrogens with one attached hydrogen (secondary N) is 2. The average molecular weight is 508 g/mol. The normalized spacial score (nSPS) is 18.0. The van der Waals surface area contributed by atoms with E-state index in [1.165, 1.54) is 11.0 Å². The van der Waals surface area contributed by atoms with Crippen LogP contribution in [0.2, 0.25) is 5.02 Å². The molecule has 0 saturated carbocycles. The molecular formula is C25H28ClF2N3O4. The zero-order chi connectivity index (χ0) is 25.5. The van der Waals surface area contributed by atoms with E-state index >= 15 is 0 Å². The van der Waals surface area contributed by atoms with E-state index in [4.69, 9.17) is 16.3 Å². The summed E-state index contributed by atoms with van der Waals surface area (Å²) in [4.78, 5) is 39.8. The summed E-state index contributed by atoms with van der Waals surface area (Å²) in [6.07, 6.45) is 0.948. The number of rotatable bonds is 2. The van der Waals surface area contributed by atoms with Crippen LogP contribution in [0.25, 0.3) is 0 Å². The Morgan fingerprint density at radius 2 is 1.83 bits per heavy atom. The smallest absolute Gasteiger partial charge is 0.255 e. The van der Waals surface area contributed by atoms with Gasteiger partial charge in [0.25, 0.3) is 11.8 Å². The maximum absolute atomic E-state index is 13.7. The van der Waals surface area contributed by atoms with Gasteiger partial charge in [-0.25, -0.2) is 8.78 Å². The number of carbonyl (C=O) groups is 3. The molecule has 35 heavy (non-hydrogen) atoms. The van der Waals surface area contributed by atoms with Crippen LogP contribution in [-0.4, -0.2) is 54.9 Å². The number of carbonyl (C=O) groups excluding carboxylic acids is 3. The summed E-state index contributed by atoms with van der Waals surface area (Å²) in [7, 11) is 0. The number of nitrogens with zero attached hydrogens (tertiary/aromatic N) is 1. The van der Waals surface area contributed by atoms with Gasteiger partial charge in [-0.2, -0.15) is 0 Å². The van der Waals surface area contributed by atoms with Crippen molar-refractivity contribution in [3.8, 4) is 5.75 Å². The Kier molecular flexibility index (Phi) is 9.03. The molecule has 0 fully saturated rings. The van der Waals surface area contributed by atoms with Crippen LogP contribution in [0.15, 0.2) is 36.4 Å². The second kappa shape index (κ2) is 12.0. The number of hydrogen-bond donors (Lipinski definition) is 2. The van der Waals surface area contributed by atoms with Crippen LogP contribution in [0.1, 0.15) is 47.4 Å². The first-order valence-electron chi connectivity index (χ1n) is 11.4. The lowest BCUT2D eigenvalue weighted by Crippen LogP contribution is -2.48. The van der Waals surface area contributed by atoms with Gasteiger partial charge in [-0.3, -0.25) is 14.4 Å². The quantitative estimate of drug-likeness (QED) is 0.647. The number of benzene rings is 2. The summed E-state index contributed by atoms with van der Waals surface area (Å²) in [5, 5.41) is 6.06. The largest absolute Gasteiger partial charge is 0.491 e. The Balaban J connectivity index is 1.84. The van der Waals surface area contributed by atoms with Crippen LogP contribution in [0.5, 0.6) is 5.75 Å². The molecule has 0 saturated heterocycles. The monoisotopic (exact) mass is 507 g/mol. The van der Waals surface area contributed by atoms with E-state index in [9.17, 15) is 23.2 Å². The molecule has 1 atom stereocenters. The van der Waals surface area contributed by atoms with Crippen molar-refractivity contribution in [1.29, 1.82) is 0 Å². The maximum Gasteiger partial charge on any atom is 0.255 e. The lowest BCUT2D eigenvalue weighted by Gasteiger charge is -2.26. The highest BCUT2D eigenvalue weighted by atomic mass is 35.5. The van der Waals surface area contributed by atoms with Gasteiger partial charge in [0, 0.05) is 29.7 Å². The van der Waals surface area contributed by atoms with E-state index in [2.05, 4.69) is 10.6 Å². The molecular weight excluding hydrogens is 480 g/mol. The van der Waals surface area contributed by atoms with Crippen molar-refractivity contribution in [2.45, 2.75) is 32.7 Å². The first-order valence-corrected chi connectivity index (χ1v) is 11.8. The number of amides is 3. The highest BCUT2D eigenvalue weighted by molar-refractivity contribution is 6.31. The molecule has 1 heterocycles. The second-order valence-corrected chi connectivity index (χ2v) is 9.15. The van der Waals surface area contributed by atoms with E-state index in [-0.39, 0.29) is 42.6 Å². The molecule has 0 radical (unpaired) electrons. The number of ether oxygens (including phenoxy) is 1. The molecule has 0 bridgehead atoms. The highest BCUT2D eigenvalue weighted by Gasteiger charge is 2.24. The third-order valence-electron chi connectivity index (χ3n) is 5.63. The van der Waals surface area contributed by atoms with Crippen LogP contribution in [0.3, 0.4) is 0 Å². The van der Waals surface area contributed by atoms with Crippen LogP contribution in [0, 0.1) is 17.6 Å². The van der Waals surface area contributed by atoms with Gasteiger partial charge in [-0.1, -0.05) is 25.4 Å². The Labute approximate surface area is 207 Å². The molecule has 0 spiro atoms. The van der Waals surface area contributed by atoms with E-state index in [0.717, 1.165) is 12.1 Å². The third-order valence-corrected chi connectivity index (χ3v) is 5.86. The zero-order valence-corrected chi connectivity index (χ0v) is 20.3. The molecule has 188 valence electrons. The van der Waals surface area contributed by atoms with E-state index < -0.39 is 29.5 Å². The maximum atomic E-state index is 13.7. The molecule has 2 N–H and O–H groups in total. The molecule has 2 aromatic carbocycles. The minimum atomic E-state index is -0.879. The Morgan fingerprint density at radius 3 is 2.51 bits per heavy atom. The molecule has 1 aliphatic heterocycles. The Morgan fingerprint density at radius 1 is 1.11 bits per heavy atom. The van der Waals surface area contributed by atoms with Crippen molar-refractivity contribution >= 4 is 29.3 Å². The minimum absolute atomic E-state index is 0.0272. The Hall–Kier alpha value is -3.20. The standard InChI is InChI=1S/C25H28ClF2N3O4/c1-15(2)21-14-35-22-6-5-17(26)11-20(22)24(33)29-7-3-4-8-31(13-23(32)30-21)25(34)16-9-18(27)12-19(28)10-16/h5-6,9-12,15,21H,3-4,7-8,13-14H2,1-2H3,(H,29,33)(H,30,32)/t21-/m0/s1. The van der Waals surface area contributed by atoms with E-state index in [1.54, 1.807) is 12.1 Å². The van der Waals surface area contributed by atoms with Crippen LogP contribution in [-0.2, 0) is 4.79 Å². The fraction of sp³-hybridized carbons (Fsp3) is 0.400. The van der Waals surface area contributed by atoms with Gasteiger partial charge >= 0.3 is 0 Å². The molecule has 1 aliphatic rings. The molecule has 3 amide bonds. The average Bonchev–Trinajstić information content (AvgIpc) is 2.79. The van der Waals surface area contributed by atoms with Gasteiger partial charge in [0.05, 0.1) is 18.2 Å². The van der Waals surface area contributed by atoms with Gasteiger partial charge in [0.15, 0.2) is 0 Å². The van der Waals surface area contributed by atoms with E-state index in [1.807, 2.05) is 13.8 Å². The summed E-state index contributed by atoms with van der Waals surface area (Å²) < 4.78 is 33.2. The summed E-state index contributed by atoms with van der Waals surface area (Å²) in [5.41, 5.74) is 0.101. The number of halogens is 3. The van der Waals surface area contributed by atoms with Crippen molar-refractivity contribution in [1.82, 2.24) is 15.5 Å². The van der Waals surface area contributed by atoms with E-state index in [0.29, 0.717) is 36.2 Å². The molecule has 3 rings (SSSR count). The first kappa shape index (κ1) is 26.4. The van der Waals surface area contributed by atoms with Crippen molar-refractivity contribution in [3.05, 3.63) is 64.2 Å². The molecule has 0 aliphatic carbocycles. The number of fused-ring (bicyclic) bond motifs is 1. The lowest BCUT2D eigenvalue weighted by molar-refractivity contribution is -0.123. The van der Waals surface area contributed by atoms with Gasteiger partial charge < -0.3 is 20.3 Å². The number of hydrogen-bond acceptors (Lipinski definition) is 4. The van der Waals surface area contributed by atoms with Crippen molar-refractivity contribution in [2.75, 3.05) is 26.2 Å². The van der Waals surface area contributed by atoms with Crippen molar-refractivity contribution in [2.24, 2.45) is 5.92 Å². The summed E-state index contributed by atoms with van der Waals surface area (Å²) in [6.45, 7) is 4.05. The van der Waals surface area contributed by atoms with Gasteiger partial charge in [-0.15, -0.1) is 0 Å². The summed E-state index contributed by atoms with van der Waals surface area (Å²) >= 11 is 6.07. The van der Waals surface area contributed by atoms with Crippen LogP contribution in [0.4, 0.5) is 8.78 Å². The van der Waals surface area contributed by atoms with Crippen LogP contribution >= 0.6 is 11.6 Å². The van der Waals surface area contributed by atoms with Gasteiger partial charge in [0.1, 0.15) is 24.0 Å². The Bertz CT molecular complexity index is 1080. The van der Waals surface area contributed by atoms with Gasteiger partial charge in [-0.05, 0) is 49.1 Å². The zero-order valence-electron chi connectivity index (χ0n) is 19.6. The molecule has 2 aromatic rings. The topological polar surface area (TPSA) is 87.7 Å². The predicted octanol–water partition coefficient (Wildman–Crippen LogP) is 3.80. The molecule has 10 heteroatoms. The van der Waals surface area contributed by atoms with Gasteiger partial charge in [0.2, 0.25) is 5.91 Å². The molecule has 7 nitrogen and oxygen atoms in total. The van der Waals surface area contributed by atoms with Crippen molar-refractivity contribution in [3.63, 3.8) is 0 Å². The molecule has 0 unspecified atom stereocenters. The lowest BCUT2D eigenvalue weighted by atomic mass is 10.1. The third kappa shape index (κ3) is 7.39. The highest BCUT2D eigenvalue weighted by Crippen LogP contribution is 2.24. The fourth-order valence-corrected chi connectivity index (χ4v) is 3.82.